The van der Waals surface area contributed by atoms with Gasteiger partial charge >= 0.3 is 0 Å². The van der Waals surface area contributed by atoms with Gasteiger partial charge in [0.1, 0.15) is 0 Å². The van der Waals surface area contributed by atoms with Crippen molar-refractivity contribution in [3.8, 4) is 0 Å². The van der Waals surface area contributed by atoms with Crippen LogP contribution in [0.1, 0.15) is 5.69 Å². The van der Waals surface area contributed by atoms with Gasteiger partial charge in [-0.1, -0.05) is 0 Å². The van der Waals surface area contributed by atoms with Gasteiger partial charge in [-0.2, -0.15) is 5.10 Å². The minimum Gasteiger partial charge on any atom is -0.396 e. The molecule has 2 heterocycles. The van der Waals surface area contributed by atoms with Crippen LogP contribution in [0.15, 0.2) is 12.4 Å². The molecule has 4 nitrogen and oxygen atoms in total. The standard InChI is InChI=1S/C8H10N4/c1-5-6-3-10-4-7(9)8(6)12(2)11-5/h3-4H,9H2,1-2H3. The number of aryl methyl sites for hydroxylation is 2. The first-order valence-electron chi connectivity index (χ1n) is 3.73. The average molecular weight is 162 g/mol. The highest BCUT2D eigenvalue weighted by molar-refractivity contribution is 5.90. The molecule has 12 heavy (non-hydrogen) atoms. The zero-order valence-corrected chi connectivity index (χ0v) is 7.07. The normalized spacial score (nSPS) is 10.8. The van der Waals surface area contributed by atoms with E-state index in [2.05, 4.69) is 10.1 Å². The Bertz CT molecular complexity index is 430. The lowest BCUT2D eigenvalue weighted by Crippen LogP contribution is -1.94. The predicted molar refractivity (Wildman–Crippen MR) is 47.7 cm³/mol. The zero-order chi connectivity index (χ0) is 8.72. The van der Waals surface area contributed by atoms with Crippen LogP contribution in [-0.2, 0) is 7.05 Å². The van der Waals surface area contributed by atoms with Crippen LogP contribution in [0.5, 0.6) is 0 Å². The molecular weight excluding hydrogens is 152 g/mol. The molecule has 0 bridgehead atoms. The highest BCUT2D eigenvalue weighted by Crippen LogP contribution is 2.20. The molecule has 0 aromatic carbocycles. The summed E-state index contributed by atoms with van der Waals surface area (Å²) in [6, 6.07) is 0. The summed E-state index contributed by atoms with van der Waals surface area (Å²) >= 11 is 0. The Morgan fingerprint density at radius 1 is 1.42 bits per heavy atom. The number of pyridine rings is 1. The molecule has 2 aromatic rings. The molecule has 2 N–H and O–H groups in total. The third-order valence-electron chi connectivity index (χ3n) is 1.96. The van der Waals surface area contributed by atoms with Gasteiger partial charge < -0.3 is 5.73 Å². The van der Waals surface area contributed by atoms with Gasteiger partial charge in [0.15, 0.2) is 0 Å². The van der Waals surface area contributed by atoms with Crippen molar-refractivity contribution in [2.75, 3.05) is 5.73 Å². The summed E-state index contributed by atoms with van der Waals surface area (Å²) < 4.78 is 1.78. The van der Waals surface area contributed by atoms with Crippen LogP contribution < -0.4 is 5.73 Å². The number of nitrogens with two attached hydrogens (primary N) is 1. The van der Waals surface area contributed by atoms with Gasteiger partial charge in [-0.25, -0.2) is 0 Å². The lowest BCUT2D eigenvalue weighted by Gasteiger charge is -1.96. The first-order valence-corrected chi connectivity index (χ1v) is 3.73. The monoisotopic (exact) mass is 162 g/mol. The van der Waals surface area contributed by atoms with Gasteiger partial charge in [0.25, 0.3) is 0 Å². The van der Waals surface area contributed by atoms with Crippen molar-refractivity contribution in [2.45, 2.75) is 6.92 Å². The fraction of sp³-hybridized carbons (Fsp3) is 0.250. The van der Waals surface area contributed by atoms with Crippen LogP contribution in [0, 0.1) is 6.92 Å². The molecule has 0 saturated carbocycles. The number of hydrogen-bond acceptors (Lipinski definition) is 3. The maximum Gasteiger partial charge on any atom is 0.0942 e. The Labute approximate surface area is 70.0 Å². The molecule has 62 valence electrons. The number of hydrogen-bond donors (Lipinski definition) is 1. The molecule has 0 aliphatic carbocycles. The third-order valence-corrected chi connectivity index (χ3v) is 1.96. The smallest absolute Gasteiger partial charge is 0.0942 e. The summed E-state index contributed by atoms with van der Waals surface area (Å²) in [6.45, 7) is 1.95. The molecule has 2 aromatic heterocycles. The van der Waals surface area contributed by atoms with E-state index in [0.717, 1.165) is 16.6 Å². The lowest BCUT2D eigenvalue weighted by atomic mass is 10.2. The van der Waals surface area contributed by atoms with E-state index in [9.17, 15) is 0 Å². The number of anilines is 1. The number of nitrogens with zero attached hydrogens (tertiary/aromatic N) is 3. The Morgan fingerprint density at radius 3 is 2.83 bits per heavy atom. The molecule has 4 heteroatoms. The quantitative estimate of drug-likeness (QED) is 0.625. The van der Waals surface area contributed by atoms with Gasteiger partial charge in [0.2, 0.25) is 0 Å². The second kappa shape index (κ2) is 2.20. The highest BCUT2D eigenvalue weighted by atomic mass is 15.3. The third kappa shape index (κ3) is 0.777. The summed E-state index contributed by atoms with van der Waals surface area (Å²) in [5.74, 6) is 0. The molecular formula is C8H10N4. The van der Waals surface area contributed by atoms with Crippen molar-refractivity contribution in [3.05, 3.63) is 18.1 Å². The highest BCUT2D eigenvalue weighted by Gasteiger charge is 2.06. The summed E-state index contributed by atoms with van der Waals surface area (Å²) in [5, 5.41) is 5.27. The van der Waals surface area contributed by atoms with Gasteiger partial charge in [0, 0.05) is 18.6 Å². The molecule has 0 spiro atoms. The Kier molecular flexibility index (Phi) is 1.30. The van der Waals surface area contributed by atoms with Crippen molar-refractivity contribution in [2.24, 2.45) is 7.05 Å². The Hall–Kier alpha value is -1.58. The van der Waals surface area contributed by atoms with E-state index in [1.54, 1.807) is 17.1 Å². The molecule has 0 atom stereocenters. The van der Waals surface area contributed by atoms with Crippen molar-refractivity contribution in [1.29, 1.82) is 0 Å². The van der Waals surface area contributed by atoms with Crippen LogP contribution >= 0.6 is 0 Å². The molecule has 0 unspecified atom stereocenters. The number of nitrogen functional groups attached to an aromatic ring is 1. The van der Waals surface area contributed by atoms with E-state index in [-0.39, 0.29) is 0 Å². The second-order valence-electron chi connectivity index (χ2n) is 2.83. The second-order valence-corrected chi connectivity index (χ2v) is 2.83. The minimum atomic E-state index is 0.676. The maximum absolute atomic E-state index is 5.75. The van der Waals surface area contributed by atoms with Crippen LogP contribution in [0.3, 0.4) is 0 Å². The summed E-state index contributed by atoms with van der Waals surface area (Å²) in [5.41, 5.74) is 8.35. The molecule has 0 aliphatic heterocycles. The van der Waals surface area contributed by atoms with Crippen LogP contribution in [0.4, 0.5) is 5.69 Å². The van der Waals surface area contributed by atoms with Crippen LogP contribution in [0.2, 0.25) is 0 Å². The minimum absolute atomic E-state index is 0.676. The van der Waals surface area contributed by atoms with E-state index in [1.165, 1.54) is 0 Å². The van der Waals surface area contributed by atoms with Gasteiger partial charge in [-0.15, -0.1) is 0 Å². The Morgan fingerprint density at radius 2 is 2.17 bits per heavy atom. The van der Waals surface area contributed by atoms with Gasteiger partial charge in [-0.05, 0) is 6.92 Å². The number of fused-ring (bicyclic) bond motifs is 1. The fourth-order valence-corrected chi connectivity index (χ4v) is 1.42. The van der Waals surface area contributed by atoms with Gasteiger partial charge in [-0.3, -0.25) is 9.67 Å². The molecule has 0 radical (unpaired) electrons. The summed E-state index contributed by atoms with van der Waals surface area (Å²) in [4.78, 5) is 4.01. The molecule has 0 aliphatic rings. The Balaban J connectivity index is 2.99. The number of rotatable bonds is 0. The first kappa shape index (κ1) is 7.09. The summed E-state index contributed by atoms with van der Waals surface area (Å²) in [6.07, 6.45) is 3.43. The van der Waals surface area contributed by atoms with E-state index in [4.69, 9.17) is 5.73 Å². The molecule has 0 amide bonds. The van der Waals surface area contributed by atoms with Crippen molar-refractivity contribution in [1.82, 2.24) is 14.8 Å². The SMILES string of the molecule is Cc1nn(C)c2c(N)cncc12. The summed E-state index contributed by atoms with van der Waals surface area (Å²) in [7, 11) is 1.88. The average Bonchev–Trinajstić information content (AvgIpc) is 2.29. The zero-order valence-electron chi connectivity index (χ0n) is 7.07. The molecule has 0 saturated heterocycles. The van der Waals surface area contributed by atoms with Crippen LogP contribution in [-0.4, -0.2) is 14.8 Å². The van der Waals surface area contributed by atoms with E-state index < -0.39 is 0 Å². The van der Waals surface area contributed by atoms with E-state index in [0.29, 0.717) is 5.69 Å². The van der Waals surface area contributed by atoms with Crippen LogP contribution in [0.25, 0.3) is 10.9 Å². The molecule has 0 fully saturated rings. The fourth-order valence-electron chi connectivity index (χ4n) is 1.42. The maximum atomic E-state index is 5.75. The topological polar surface area (TPSA) is 56.7 Å². The van der Waals surface area contributed by atoms with Gasteiger partial charge in [0.05, 0.1) is 23.1 Å². The van der Waals surface area contributed by atoms with E-state index >= 15 is 0 Å². The predicted octanol–water partition coefficient (Wildman–Crippen LogP) is 0.859. The van der Waals surface area contributed by atoms with Crippen molar-refractivity contribution >= 4 is 16.6 Å². The van der Waals surface area contributed by atoms with E-state index in [1.807, 2.05) is 14.0 Å². The van der Waals surface area contributed by atoms with Crippen molar-refractivity contribution in [3.63, 3.8) is 0 Å². The first-order chi connectivity index (χ1) is 5.70. The molecule has 2 rings (SSSR count). The largest absolute Gasteiger partial charge is 0.396 e. The number of aromatic nitrogens is 3. The lowest BCUT2D eigenvalue weighted by molar-refractivity contribution is 0.784. The van der Waals surface area contributed by atoms with Crippen molar-refractivity contribution < 1.29 is 0 Å².